The van der Waals surface area contributed by atoms with Crippen LogP contribution in [-0.2, 0) is 7.05 Å². The van der Waals surface area contributed by atoms with Crippen LogP contribution in [-0.4, -0.2) is 14.8 Å². The molecule has 0 fully saturated rings. The van der Waals surface area contributed by atoms with E-state index in [0.29, 0.717) is 11.6 Å². The average molecular weight is 232 g/mol. The summed E-state index contributed by atoms with van der Waals surface area (Å²) in [4.78, 5) is 4.14. The molecule has 2 heterocycles. The van der Waals surface area contributed by atoms with Crippen molar-refractivity contribution in [2.45, 2.75) is 20.8 Å². The summed E-state index contributed by atoms with van der Waals surface area (Å²) in [5.74, 6) is 1.29. The number of aryl methyl sites for hydroxylation is 3. The molecule has 0 saturated heterocycles. The van der Waals surface area contributed by atoms with Crippen LogP contribution in [0, 0.1) is 20.8 Å². The molecule has 0 aliphatic heterocycles. The largest absolute Gasteiger partial charge is 0.435 e. The van der Waals surface area contributed by atoms with Gasteiger partial charge in [-0.15, -0.1) is 0 Å². The third-order valence-corrected chi connectivity index (χ3v) is 2.78. The van der Waals surface area contributed by atoms with Crippen molar-refractivity contribution in [3.8, 4) is 11.6 Å². The SMILES string of the molecule is Cc1cc(Oc2c(C)nn(C)c2C)ncc1N. The molecule has 0 bridgehead atoms. The summed E-state index contributed by atoms with van der Waals surface area (Å²) < 4.78 is 7.53. The molecule has 0 spiro atoms. The van der Waals surface area contributed by atoms with E-state index in [2.05, 4.69) is 10.1 Å². The van der Waals surface area contributed by atoms with E-state index in [-0.39, 0.29) is 0 Å². The maximum Gasteiger partial charge on any atom is 0.219 e. The molecule has 0 aliphatic rings. The van der Waals surface area contributed by atoms with Crippen LogP contribution in [0.25, 0.3) is 0 Å². The van der Waals surface area contributed by atoms with Crippen LogP contribution in [0.4, 0.5) is 5.69 Å². The van der Waals surface area contributed by atoms with E-state index in [1.807, 2.05) is 33.9 Å². The maximum atomic E-state index is 5.75. The summed E-state index contributed by atoms with van der Waals surface area (Å²) in [6.45, 7) is 5.79. The summed E-state index contributed by atoms with van der Waals surface area (Å²) in [6, 6.07) is 1.82. The number of aromatic nitrogens is 3. The summed E-state index contributed by atoms with van der Waals surface area (Å²) in [5, 5.41) is 4.29. The predicted molar refractivity (Wildman–Crippen MR) is 66.1 cm³/mol. The average Bonchev–Trinajstić information content (AvgIpc) is 2.50. The molecule has 2 aromatic heterocycles. The Labute approximate surface area is 100 Å². The van der Waals surface area contributed by atoms with E-state index in [1.54, 1.807) is 10.9 Å². The van der Waals surface area contributed by atoms with Crippen molar-refractivity contribution in [1.82, 2.24) is 14.8 Å². The van der Waals surface area contributed by atoms with Gasteiger partial charge in [0.25, 0.3) is 0 Å². The monoisotopic (exact) mass is 232 g/mol. The number of ether oxygens (including phenoxy) is 1. The number of hydrogen-bond donors (Lipinski definition) is 1. The molecule has 5 nitrogen and oxygen atoms in total. The maximum absolute atomic E-state index is 5.75. The smallest absolute Gasteiger partial charge is 0.219 e. The fourth-order valence-corrected chi connectivity index (χ4v) is 1.60. The van der Waals surface area contributed by atoms with E-state index in [0.717, 1.165) is 22.7 Å². The van der Waals surface area contributed by atoms with Crippen molar-refractivity contribution in [2.75, 3.05) is 5.73 Å². The van der Waals surface area contributed by atoms with Crippen molar-refractivity contribution in [2.24, 2.45) is 7.05 Å². The Morgan fingerprint density at radius 3 is 2.53 bits per heavy atom. The van der Waals surface area contributed by atoms with Crippen LogP contribution in [0.2, 0.25) is 0 Å². The van der Waals surface area contributed by atoms with Gasteiger partial charge >= 0.3 is 0 Å². The topological polar surface area (TPSA) is 66.0 Å². The first kappa shape index (κ1) is 11.4. The van der Waals surface area contributed by atoms with Gasteiger partial charge in [0.2, 0.25) is 5.88 Å². The third-order valence-electron chi connectivity index (χ3n) is 2.78. The fraction of sp³-hybridized carbons (Fsp3) is 0.333. The summed E-state index contributed by atoms with van der Waals surface area (Å²) >= 11 is 0. The first-order valence-electron chi connectivity index (χ1n) is 5.39. The molecule has 2 aromatic rings. The van der Waals surface area contributed by atoms with Crippen molar-refractivity contribution >= 4 is 5.69 Å². The zero-order valence-electron chi connectivity index (χ0n) is 10.5. The summed E-state index contributed by atoms with van der Waals surface area (Å²) in [6.07, 6.45) is 1.60. The number of rotatable bonds is 2. The van der Waals surface area contributed by atoms with Crippen LogP contribution in [0.3, 0.4) is 0 Å². The highest BCUT2D eigenvalue weighted by molar-refractivity contribution is 5.46. The molecule has 0 aromatic carbocycles. The van der Waals surface area contributed by atoms with Crippen molar-refractivity contribution in [1.29, 1.82) is 0 Å². The number of pyridine rings is 1. The Balaban J connectivity index is 2.34. The van der Waals surface area contributed by atoms with Gasteiger partial charge in [-0.1, -0.05) is 0 Å². The molecular formula is C12H16N4O. The molecule has 17 heavy (non-hydrogen) atoms. The Kier molecular flexibility index (Phi) is 2.75. The van der Waals surface area contributed by atoms with Crippen LogP contribution in [0.1, 0.15) is 17.0 Å². The first-order chi connectivity index (χ1) is 7.99. The third kappa shape index (κ3) is 2.08. The number of anilines is 1. The lowest BCUT2D eigenvalue weighted by atomic mass is 10.2. The number of nitrogen functional groups attached to an aromatic ring is 1. The van der Waals surface area contributed by atoms with Crippen LogP contribution >= 0.6 is 0 Å². The minimum atomic E-state index is 0.538. The normalized spacial score (nSPS) is 10.6. The molecule has 0 aliphatic carbocycles. The van der Waals surface area contributed by atoms with Gasteiger partial charge in [0.05, 0.1) is 17.6 Å². The first-order valence-corrected chi connectivity index (χ1v) is 5.39. The molecular weight excluding hydrogens is 216 g/mol. The van der Waals surface area contributed by atoms with Gasteiger partial charge in [0, 0.05) is 13.1 Å². The molecule has 0 amide bonds. The lowest BCUT2D eigenvalue weighted by Crippen LogP contribution is -1.96. The highest BCUT2D eigenvalue weighted by Crippen LogP contribution is 2.27. The number of nitrogens with zero attached hydrogens (tertiary/aromatic N) is 3. The Hall–Kier alpha value is -2.04. The van der Waals surface area contributed by atoms with Gasteiger partial charge in [-0.2, -0.15) is 5.10 Å². The standard InChI is InChI=1S/C12H16N4O/c1-7-5-11(14-6-10(7)13)17-12-8(2)15-16(4)9(12)3/h5-6H,13H2,1-4H3. The Bertz CT molecular complexity index is 560. The predicted octanol–water partition coefficient (Wildman–Crippen LogP) is 2.11. The highest BCUT2D eigenvalue weighted by atomic mass is 16.5. The van der Waals surface area contributed by atoms with E-state index >= 15 is 0 Å². The van der Waals surface area contributed by atoms with E-state index < -0.39 is 0 Å². The summed E-state index contributed by atoms with van der Waals surface area (Å²) in [5.41, 5.74) is 9.15. The van der Waals surface area contributed by atoms with Crippen molar-refractivity contribution < 1.29 is 4.74 Å². The fourth-order valence-electron chi connectivity index (χ4n) is 1.60. The van der Waals surface area contributed by atoms with Crippen molar-refractivity contribution in [3.05, 3.63) is 29.2 Å². The van der Waals surface area contributed by atoms with Gasteiger partial charge in [-0.05, 0) is 26.3 Å². The number of nitrogens with two attached hydrogens (primary N) is 1. The molecule has 0 radical (unpaired) electrons. The molecule has 0 saturated carbocycles. The molecule has 2 N–H and O–H groups in total. The van der Waals surface area contributed by atoms with Crippen molar-refractivity contribution in [3.63, 3.8) is 0 Å². The van der Waals surface area contributed by atoms with Crippen LogP contribution in [0.5, 0.6) is 11.6 Å². The second kappa shape index (κ2) is 4.08. The van der Waals surface area contributed by atoms with Crippen LogP contribution in [0.15, 0.2) is 12.3 Å². The van der Waals surface area contributed by atoms with Gasteiger partial charge < -0.3 is 10.5 Å². The highest BCUT2D eigenvalue weighted by Gasteiger charge is 2.12. The Morgan fingerprint density at radius 2 is 2.00 bits per heavy atom. The summed E-state index contributed by atoms with van der Waals surface area (Å²) in [7, 11) is 1.89. The van der Waals surface area contributed by atoms with E-state index in [4.69, 9.17) is 10.5 Å². The molecule has 0 atom stereocenters. The van der Waals surface area contributed by atoms with E-state index in [1.165, 1.54) is 0 Å². The molecule has 0 unspecified atom stereocenters. The van der Waals surface area contributed by atoms with Crippen LogP contribution < -0.4 is 10.5 Å². The lowest BCUT2D eigenvalue weighted by Gasteiger charge is -2.06. The minimum absolute atomic E-state index is 0.538. The quantitative estimate of drug-likeness (QED) is 0.861. The van der Waals surface area contributed by atoms with E-state index in [9.17, 15) is 0 Å². The van der Waals surface area contributed by atoms with Gasteiger partial charge in [-0.3, -0.25) is 4.68 Å². The zero-order valence-corrected chi connectivity index (χ0v) is 10.5. The Morgan fingerprint density at radius 1 is 1.29 bits per heavy atom. The second-order valence-electron chi connectivity index (χ2n) is 4.10. The minimum Gasteiger partial charge on any atom is -0.435 e. The molecule has 90 valence electrons. The number of hydrogen-bond acceptors (Lipinski definition) is 4. The van der Waals surface area contributed by atoms with Gasteiger partial charge in [0.15, 0.2) is 5.75 Å². The lowest BCUT2D eigenvalue weighted by molar-refractivity contribution is 0.455. The molecule has 2 rings (SSSR count). The second-order valence-corrected chi connectivity index (χ2v) is 4.10. The van der Waals surface area contributed by atoms with Gasteiger partial charge in [-0.25, -0.2) is 4.98 Å². The zero-order chi connectivity index (χ0) is 12.6. The van der Waals surface area contributed by atoms with Gasteiger partial charge in [0.1, 0.15) is 5.69 Å². The molecule has 5 heteroatoms.